The van der Waals surface area contributed by atoms with E-state index in [0.29, 0.717) is 16.4 Å². The van der Waals surface area contributed by atoms with E-state index >= 15 is 0 Å². The molecule has 0 saturated heterocycles. The molecule has 0 saturated carbocycles. The highest BCUT2D eigenvalue weighted by Gasteiger charge is 2.18. The first-order valence-electron chi connectivity index (χ1n) is 6.67. The molecule has 4 nitrogen and oxygen atoms in total. The molecule has 0 fully saturated rings. The molecule has 3 aromatic rings. The lowest BCUT2D eigenvalue weighted by Gasteiger charge is -2.14. The molecule has 21 heavy (non-hydrogen) atoms. The van der Waals surface area contributed by atoms with Crippen molar-refractivity contribution < 1.29 is 10.2 Å². The number of hydrogen-bond acceptors (Lipinski definition) is 3. The van der Waals surface area contributed by atoms with Crippen LogP contribution in [0.1, 0.15) is 19.9 Å². The number of rotatable bonds is 2. The van der Waals surface area contributed by atoms with Crippen LogP contribution in [0.2, 0.25) is 5.02 Å². The fourth-order valence-electron chi connectivity index (χ4n) is 2.48. The maximum atomic E-state index is 10.1. The van der Waals surface area contributed by atoms with Crippen molar-refractivity contribution >= 4 is 22.6 Å². The Hall–Kier alpha value is -2.20. The summed E-state index contributed by atoms with van der Waals surface area (Å²) in [5, 5.41) is 20.4. The summed E-state index contributed by atoms with van der Waals surface area (Å²) < 4.78 is 2.00. The molecule has 0 amide bonds. The SMILES string of the molecule is CC(C)n1c(-c2cc(O)ccc2O)nc2ccc(Cl)cc21. The number of hydrogen-bond donors (Lipinski definition) is 2. The van der Waals surface area contributed by atoms with Gasteiger partial charge in [0.15, 0.2) is 0 Å². The number of phenolic OH excluding ortho intramolecular Hbond substituents is 2. The van der Waals surface area contributed by atoms with Crippen LogP contribution in [0, 0.1) is 0 Å². The third-order valence-electron chi connectivity index (χ3n) is 3.39. The molecule has 0 aliphatic carbocycles. The second kappa shape index (κ2) is 4.97. The number of nitrogens with zero attached hydrogens (tertiary/aromatic N) is 2. The maximum absolute atomic E-state index is 10.1. The van der Waals surface area contributed by atoms with Crippen molar-refractivity contribution in [2.75, 3.05) is 0 Å². The lowest BCUT2D eigenvalue weighted by molar-refractivity contribution is 0.461. The quantitative estimate of drug-likeness (QED) is 0.692. The van der Waals surface area contributed by atoms with Crippen molar-refractivity contribution in [3.05, 3.63) is 41.4 Å². The average Bonchev–Trinajstić information content (AvgIpc) is 2.79. The predicted octanol–water partition coefficient (Wildman–Crippen LogP) is 4.35. The van der Waals surface area contributed by atoms with E-state index < -0.39 is 0 Å². The van der Waals surface area contributed by atoms with Gasteiger partial charge in [0.2, 0.25) is 0 Å². The van der Waals surface area contributed by atoms with Crippen molar-refractivity contribution in [3.8, 4) is 22.9 Å². The van der Waals surface area contributed by atoms with E-state index in [1.807, 2.05) is 30.5 Å². The fraction of sp³-hybridized carbons (Fsp3) is 0.188. The summed E-state index contributed by atoms with van der Waals surface area (Å²) >= 11 is 6.08. The van der Waals surface area contributed by atoms with Gasteiger partial charge in [-0.15, -0.1) is 0 Å². The molecule has 0 unspecified atom stereocenters. The number of imidazole rings is 1. The van der Waals surface area contributed by atoms with E-state index in [9.17, 15) is 10.2 Å². The molecule has 3 rings (SSSR count). The molecule has 2 aromatic carbocycles. The molecule has 108 valence electrons. The van der Waals surface area contributed by atoms with Gasteiger partial charge in [-0.05, 0) is 50.2 Å². The van der Waals surface area contributed by atoms with Crippen LogP contribution in [0.3, 0.4) is 0 Å². The zero-order valence-electron chi connectivity index (χ0n) is 11.7. The Morgan fingerprint density at radius 3 is 2.57 bits per heavy atom. The van der Waals surface area contributed by atoms with Gasteiger partial charge in [0.25, 0.3) is 0 Å². The predicted molar refractivity (Wildman–Crippen MR) is 83.9 cm³/mol. The second-order valence-electron chi connectivity index (χ2n) is 5.23. The highest BCUT2D eigenvalue weighted by atomic mass is 35.5. The molecular weight excluding hydrogens is 288 g/mol. The van der Waals surface area contributed by atoms with Gasteiger partial charge in [0.1, 0.15) is 17.3 Å². The summed E-state index contributed by atoms with van der Waals surface area (Å²) in [4.78, 5) is 4.58. The third kappa shape index (κ3) is 2.32. The number of aromatic hydroxyl groups is 2. The minimum Gasteiger partial charge on any atom is -0.508 e. The standard InChI is InChI=1S/C16H15ClN2O2/c1-9(2)19-14-7-10(17)3-5-13(14)18-16(19)12-8-11(20)4-6-15(12)21/h3-9,20-21H,1-2H3. The van der Waals surface area contributed by atoms with E-state index in [0.717, 1.165) is 11.0 Å². The first-order chi connectivity index (χ1) is 9.97. The maximum Gasteiger partial charge on any atom is 0.145 e. The van der Waals surface area contributed by atoms with Crippen LogP contribution >= 0.6 is 11.6 Å². The Bertz CT molecular complexity index is 825. The summed E-state index contributed by atoms with van der Waals surface area (Å²) in [6.07, 6.45) is 0. The van der Waals surface area contributed by atoms with Crippen LogP contribution in [0.25, 0.3) is 22.4 Å². The molecule has 1 heterocycles. The molecule has 0 aliphatic heterocycles. The smallest absolute Gasteiger partial charge is 0.145 e. The van der Waals surface area contributed by atoms with Crippen LogP contribution in [0.4, 0.5) is 0 Å². The molecule has 1 aromatic heterocycles. The normalized spacial score (nSPS) is 11.4. The minimum absolute atomic E-state index is 0.0797. The molecule has 0 spiro atoms. The number of aromatic nitrogens is 2. The van der Waals surface area contributed by atoms with E-state index in [-0.39, 0.29) is 17.5 Å². The molecule has 5 heteroatoms. The fourth-order valence-corrected chi connectivity index (χ4v) is 2.65. The largest absolute Gasteiger partial charge is 0.508 e. The van der Waals surface area contributed by atoms with Crippen molar-refractivity contribution in [1.82, 2.24) is 9.55 Å². The first-order valence-corrected chi connectivity index (χ1v) is 7.05. The van der Waals surface area contributed by atoms with Gasteiger partial charge in [-0.25, -0.2) is 4.98 Å². The Morgan fingerprint density at radius 2 is 1.86 bits per heavy atom. The van der Waals surface area contributed by atoms with E-state index in [2.05, 4.69) is 4.98 Å². The van der Waals surface area contributed by atoms with Crippen molar-refractivity contribution in [2.24, 2.45) is 0 Å². The summed E-state index contributed by atoms with van der Waals surface area (Å²) in [6, 6.07) is 10.0. The van der Waals surface area contributed by atoms with Crippen molar-refractivity contribution in [3.63, 3.8) is 0 Å². The third-order valence-corrected chi connectivity index (χ3v) is 3.62. The van der Waals surface area contributed by atoms with Gasteiger partial charge >= 0.3 is 0 Å². The topological polar surface area (TPSA) is 58.3 Å². The summed E-state index contributed by atoms with van der Waals surface area (Å²) in [5.41, 5.74) is 2.19. The van der Waals surface area contributed by atoms with Crippen molar-refractivity contribution in [1.29, 1.82) is 0 Å². The van der Waals surface area contributed by atoms with Gasteiger partial charge in [0, 0.05) is 11.1 Å². The Kier molecular flexibility index (Phi) is 3.26. The molecule has 0 bridgehead atoms. The van der Waals surface area contributed by atoms with Crippen LogP contribution in [0.5, 0.6) is 11.5 Å². The monoisotopic (exact) mass is 302 g/mol. The zero-order valence-corrected chi connectivity index (χ0v) is 12.5. The molecule has 0 aliphatic rings. The Morgan fingerprint density at radius 1 is 1.10 bits per heavy atom. The van der Waals surface area contributed by atoms with Gasteiger partial charge in [-0.3, -0.25) is 0 Å². The lowest BCUT2D eigenvalue weighted by Crippen LogP contribution is -2.03. The number of phenols is 2. The molecule has 0 radical (unpaired) electrons. The first kappa shape index (κ1) is 13.8. The van der Waals surface area contributed by atoms with E-state index in [4.69, 9.17) is 11.6 Å². The van der Waals surface area contributed by atoms with Gasteiger partial charge in [-0.2, -0.15) is 0 Å². The van der Waals surface area contributed by atoms with E-state index in [1.54, 1.807) is 6.07 Å². The average molecular weight is 303 g/mol. The van der Waals surface area contributed by atoms with Gasteiger partial charge in [-0.1, -0.05) is 11.6 Å². The Labute approximate surface area is 127 Å². The summed E-state index contributed by atoms with van der Waals surface area (Å²) in [5.74, 6) is 0.773. The van der Waals surface area contributed by atoms with Crippen molar-refractivity contribution in [2.45, 2.75) is 19.9 Å². The lowest BCUT2D eigenvalue weighted by atomic mass is 10.1. The Balaban J connectivity index is 2.36. The molecular formula is C16H15ClN2O2. The van der Waals surface area contributed by atoms with Crippen LogP contribution in [0.15, 0.2) is 36.4 Å². The number of benzene rings is 2. The summed E-state index contributed by atoms with van der Waals surface area (Å²) in [6.45, 7) is 4.07. The number of halogens is 1. The highest BCUT2D eigenvalue weighted by molar-refractivity contribution is 6.31. The van der Waals surface area contributed by atoms with Crippen LogP contribution in [-0.4, -0.2) is 19.8 Å². The van der Waals surface area contributed by atoms with E-state index in [1.165, 1.54) is 18.2 Å². The number of fused-ring (bicyclic) bond motifs is 1. The van der Waals surface area contributed by atoms with Gasteiger partial charge in [0.05, 0.1) is 16.6 Å². The molecule has 0 atom stereocenters. The van der Waals surface area contributed by atoms with Crippen LogP contribution < -0.4 is 0 Å². The molecule has 2 N–H and O–H groups in total. The van der Waals surface area contributed by atoms with Gasteiger partial charge < -0.3 is 14.8 Å². The zero-order chi connectivity index (χ0) is 15.1. The second-order valence-corrected chi connectivity index (χ2v) is 5.67. The van der Waals surface area contributed by atoms with Crippen LogP contribution in [-0.2, 0) is 0 Å². The highest BCUT2D eigenvalue weighted by Crippen LogP contribution is 2.36. The minimum atomic E-state index is 0.0797. The summed E-state index contributed by atoms with van der Waals surface area (Å²) in [7, 11) is 0.